The maximum Gasteiger partial charge on any atom is 0.184 e. The highest BCUT2D eigenvalue weighted by molar-refractivity contribution is 7.80. The molecule has 1 atom stereocenters. The fourth-order valence-corrected chi connectivity index (χ4v) is 1.55. The average molecular weight is 229 g/mol. The Hall–Kier alpha value is -0.600. The number of thiocarbonyl (C=S) groups is 1. The largest absolute Gasteiger partial charge is 0.485 e. The van der Waals surface area contributed by atoms with Crippen molar-refractivity contribution in [3.05, 3.63) is 35.9 Å². The first-order chi connectivity index (χ1) is 6.59. The second kappa shape index (κ2) is 4.76. The standard InChI is InChI=1S/C11H13ClOS/c1-3-13-10(14)11(2,12)9-7-5-4-6-8-9/h4-8H,3H2,1-2H3. The molecule has 0 aliphatic carbocycles. The summed E-state index contributed by atoms with van der Waals surface area (Å²) in [4.78, 5) is -0.716. The Bertz CT molecular complexity index is 308. The molecule has 1 rings (SSSR count). The van der Waals surface area contributed by atoms with Gasteiger partial charge in [-0.3, -0.25) is 0 Å². The summed E-state index contributed by atoms with van der Waals surface area (Å²) in [6.45, 7) is 4.29. The monoisotopic (exact) mass is 228 g/mol. The fraction of sp³-hybridized carbons (Fsp3) is 0.364. The molecule has 0 heterocycles. The Balaban J connectivity index is 2.90. The molecule has 14 heavy (non-hydrogen) atoms. The van der Waals surface area contributed by atoms with Crippen molar-refractivity contribution in [1.29, 1.82) is 0 Å². The summed E-state index contributed by atoms with van der Waals surface area (Å²) in [5.41, 5.74) is 0.958. The maximum absolute atomic E-state index is 6.32. The maximum atomic E-state index is 6.32. The van der Waals surface area contributed by atoms with E-state index in [1.807, 2.05) is 44.2 Å². The normalized spacial score (nSPS) is 14.5. The third-order valence-corrected chi connectivity index (χ3v) is 3.00. The minimum absolute atomic E-state index is 0.424. The zero-order chi connectivity index (χ0) is 10.6. The summed E-state index contributed by atoms with van der Waals surface area (Å²) in [6, 6.07) is 9.70. The zero-order valence-corrected chi connectivity index (χ0v) is 9.86. The van der Waals surface area contributed by atoms with Crippen LogP contribution in [0, 0.1) is 0 Å². The SMILES string of the molecule is CCOC(=S)C(C)(Cl)c1ccccc1. The molecule has 0 aliphatic rings. The first-order valence-electron chi connectivity index (χ1n) is 4.50. The van der Waals surface area contributed by atoms with Gasteiger partial charge in [-0.1, -0.05) is 30.3 Å². The van der Waals surface area contributed by atoms with Gasteiger partial charge in [0.05, 0.1) is 6.61 Å². The lowest BCUT2D eigenvalue weighted by molar-refractivity contribution is 0.318. The predicted octanol–water partition coefficient (Wildman–Crippen LogP) is 3.50. The van der Waals surface area contributed by atoms with Crippen molar-refractivity contribution in [1.82, 2.24) is 0 Å². The van der Waals surface area contributed by atoms with Crippen molar-refractivity contribution >= 4 is 28.9 Å². The smallest absolute Gasteiger partial charge is 0.184 e. The number of hydrogen-bond acceptors (Lipinski definition) is 2. The Morgan fingerprint density at radius 2 is 2.00 bits per heavy atom. The van der Waals surface area contributed by atoms with Crippen molar-refractivity contribution in [2.75, 3.05) is 6.61 Å². The molecule has 3 heteroatoms. The van der Waals surface area contributed by atoms with Crippen LogP contribution in [0.25, 0.3) is 0 Å². The molecule has 0 aromatic heterocycles. The second-order valence-electron chi connectivity index (χ2n) is 3.09. The molecule has 0 N–H and O–H groups in total. The molecule has 0 saturated heterocycles. The van der Waals surface area contributed by atoms with E-state index in [4.69, 9.17) is 28.6 Å². The van der Waals surface area contributed by atoms with Gasteiger partial charge >= 0.3 is 0 Å². The summed E-state index contributed by atoms with van der Waals surface area (Å²) in [5.74, 6) is 0. The molecule has 0 fully saturated rings. The third kappa shape index (κ3) is 2.46. The Morgan fingerprint density at radius 1 is 1.43 bits per heavy atom. The lowest BCUT2D eigenvalue weighted by Crippen LogP contribution is -2.26. The third-order valence-electron chi connectivity index (χ3n) is 1.97. The average Bonchev–Trinajstić information content (AvgIpc) is 2.19. The van der Waals surface area contributed by atoms with E-state index in [1.165, 1.54) is 0 Å². The van der Waals surface area contributed by atoms with E-state index in [9.17, 15) is 0 Å². The Kier molecular flexibility index (Phi) is 3.90. The molecule has 1 nitrogen and oxygen atoms in total. The predicted molar refractivity (Wildman–Crippen MR) is 63.9 cm³/mol. The highest BCUT2D eigenvalue weighted by Crippen LogP contribution is 2.30. The quantitative estimate of drug-likeness (QED) is 0.579. The van der Waals surface area contributed by atoms with Gasteiger partial charge in [0, 0.05) is 0 Å². The lowest BCUT2D eigenvalue weighted by atomic mass is 10.0. The molecule has 1 aromatic carbocycles. The van der Waals surface area contributed by atoms with Gasteiger partial charge in [0.2, 0.25) is 0 Å². The first-order valence-corrected chi connectivity index (χ1v) is 5.29. The van der Waals surface area contributed by atoms with Crippen LogP contribution in [-0.4, -0.2) is 11.7 Å². The molecular formula is C11H13ClOS. The fourth-order valence-electron chi connectivity index (χ4n) is 1.14. The lowest BCUT2D eigenvalue weighted by Gasteiger charge is -2.23. The second-order valence-corrected chi connectivity index (χ2v) is 4.22. The van der Waals surface area contributed by atoms with E-state index in [0.29, 0.717) is 11.7 Å². The summed E-state index contributed by atoms with van der Waals surface area (Å²) in [7, 11) is 0. The van der Waals surface area contributed by atoms with Crippen LogP contribution in [0.2, 0.25) is 0 Å². The van der Waals surface area contributed by atoms with Crippen molar-refractivity contribution in [2.45, 2.75) is 18.7 Å². The highest BCUT2D eigenvalue weighted by atomic mass is 35.5. The summed E-state index contributed by atoms with van der Waals surface area (Å²) in [5, 5.41) is 0.424. The number of benzene rings is 1. The number of rotatable bonds is 3. The van der Waals surface area contributed by atoms with Gasteiger partial charge in [-0.05, 0) is 31.6 Å². The van der Waals surface area contributed by atoms with E-state index >= 15 is 0 Å². The van der Waals surface area contributed by atoms with E-state index in [0.717, 1.165) is 5.56 Å². The molecular weight excluding hydrogens is 216 g/mol. The van der Waals surface area contributed by atoms with E-state index in [-0.39, 0.29) is 0 Å². The molecule has 1 aromatic rings. The number of halogens is 1. The van der Waals surface area contributed by atoms with Gasteiger partial charge in [-0.2, -0.15) is 0 Å². The van der Waals surface area contributed by atoms with Crippen LogP contribution in [0.3, 0.4) is 0 Å². The van der Waals surface area contributed by atoms with Crippen LogP contribution in [0.1, 0.15) is 19.4 Å². The van der Waals surface area contributed by atoms with Crippen LogP contribution in [-0.2, 0) is 9.61 Å². The molecule has 0 radical (unpaired) electrons. The molecule has 0 spiro atoms. The van der Waals surface area contributed by atoms with Gasteiger partial charge in [-0.15, -0.1) is 11.6 Å². The topological polar surface area (TPSA) is 9.23 Å². The van der Waals surface area contributed by atoms with E-state index in [2.05, 4.69) is 0 Å². The van der Waals surface area contributed by atoms with Gasteiger partial charge in [0.15, 0.2) is 5.05 Å². The molecule has 0 saturated carbocycles. The minimum atomic E-state index is -0.716. The molecule has 0 bridgehead atoms. The minimum Gasteiger partial charge on any atom is -0.485 e. The molecule has 0 aliphatic heterocycles. The van der Waals surface area contributed by atoms with Gasteiger partial charge in [0.25, 0.3) is 0 Å². The van der Waals surface area contributed by atoms with Crippen LogP contribution in [0.4, 0.5) is 0 Å². The summed E-state index contributed by atoms with van der Waals surface area (Å²) >= 11 is 11.4. The van der Waals surface area contributed by atoms with Crippen molar-refractivity contribution < 1.29 is 4.74 Å². The first kappa shape index (κ1) is 11.5. The van der Waals surface area contributed by atoms with Crippen molar-refractivity contribution in [2.24, 2.45) is 0 Å². The summed E-state index contributed by atoms with van der Waals surface area (Å²) in [6.07, 6.45) is 0. The number of hydrogen-bond donors (Lipinski definition) is 0. The van der Waals surface area contributed by atoms with Gasteiger partial charge in [-0.25, -0.2) is 0 Å². The summed E-state index contributed by atoms with van der Waals surface area (Å²) < 4.78 is 5.26. The molecule has 1 unspecified atom stereocenters. The van der Waals surface area contributed by atoms with Crippen LogP contribution in [0.5, 0.6) is 0 Å². The molecule has 76 valence electrons. The zero-order valence-electron chi connectivity index (χ0n) is 8.29. The molecule has 0 amide bonds. The van der Waals surface area contributed by atoms with Crippen molar-refractivity contribution in [3.63, 3.8) is 0 Å². The van der Waals surface area contributed by atoms with Crippen LogP contribution >= 0.6 is 23.8 Å². The number of ether oxygens (including phenoxy) is 1. The van der Waals surface area contributed by atoms with E-state index in [1.54, 1.807) is 0 Å². The van der Waals surface area contributed by atoms with Gasteiger partial charge in [0.1, 0.15) is 4.87 Å². The van der Waals surface area contributed by atoms with Crippen molar-refractivity contribution in [3.8, 4) is 0 Å². The van der Waals surface area contributed by atoms with Crippen LogP contribution < -0.4 is 0 Å². The van der Waals surface area contributed by atoms with E-state index < -0.39 is 4.87 Å². The highest BCUT2D eigenvalue weighted by Gasteiger charge is 2.30. The number of alkyl halides is 1. The Labute approximate surface area is 95.0 Å². The van der Waals surface area contributed by atoms with Gasteiger partial charge < -0.3 is 4.74 Å². The Morgan fingerprint density at radius 3 is 2.50 bits per heavy atom. The van der Waals surface area contributed by atoms with Crippen LogP contribution in [0.15, 0.2) is 30.3 Å².